The molecule has 0 aliphatic carbocycles. The molecule has 0 aromatic heterocycles. The van der Waals surface area contributed by atoms with Gasteiger partial charge in [-0.2, -0.15) is 21.0 Å². The summed E-state index contributed by atoms with van der Waals surface area (Å²) >= 11 is 0. The fourth-order valence-electron chi connectivity index (χ4n) is 2.28. The second-order valence-corrected chi connectivity index (χ2v) is 4.62. The van der Waals surface area contributed by atoms with Gasteiger partial charge in [-0.05, 0) is 12.5 Å². The average molecular weight is 262 g/mol. The van der Waals surface area contributed by atoms with E-state index in [4.69, 9.17) is 0 Å². The van der Waals surface area contributed by atoms with Crippen LogP contribution in [0.4, 0.5) is 0 Å². The van der Waals surface area contributed by atoms with Gasteiger partial charge in [-0.3, -0.25) is 0 Å². The molecule has 1 atom stereocenters. The second-order valence-electron chi connectivity index (χ2n) is 4.62. The molecule has 0 amide bonds. The molecule has 0 bridgehead atoms. The van der Waals surface area contributed by atoms with E-state index in [2.05, 4.69) is 10.9 Å². The van der Waals surface area contributed by atoms with Crippen LogP contribution >= 0.6 is 0 Å². The molecule has 96 valence electrons. The highest BCUT2D eigenvalue weighted by molar-refractivity contribution is 5.47. The minimum absolute atomic E-state index is 0.665. The Kier molecular flexibility index (Phi) is 3.15. The lowest BCUT2D eigenvalue weighted by Crippen LogP contribution is -2.50. The minimum Gasteiger partial charge on any atom is -0.245 e. The van der Waals surface area contributed by atoms with Crippen molar-refractivity contribution in [3.8, 4) is 24.3 Å². The molecule has 1 aliphatic rings. The van der Waals surface area contributed by atoms with Gasteiger partial charge in [0.2, 0.25) is 11.0 Å². The monoisotopic (exact) mass is 262 g/mol. The number of hydrazine groups is 1. The Morgan fingerprint density at radius 1 is 0.950 bits per heavy atom. The van der Waals surface area contributed by atoms with Crippen LogP contribution in [-0.4, -0.2) is 5.54 Å². The van der Waals surface area contributed by atoms with Crippen molar-refractivity contribution in [3.05, 3.63) is 35.4 Å². The maximum absolute atomic E-state index is 9.45. The Hall–Kier alpha value is -2.90. The van der Waals surface area contributed by atoms with E-state index in [1.165, 1.54) is 0 Å². The zero-order valence-electron chi connectivity index (χ0n) is 10.7. The number of nitrogens with one attached hydrogen (secondary N) is 2. The third-order valence-electron chi connectivity index (χ3n) is 3.53. The molecular formula is C14H10N6. The Balaban J connectivity index is 2.61. The van der Waals surface area contributed by atoms with Crippen molar-refractivity contribution < 1.29 is 0 Å². The van der Waals surface area contributed by atoms with Crippen molar-refractivity contribution in [1.29, 1.82) is 21.0 Å². The van der Waals surface area contributed by atoms with Crippen molar-refractivity contribution in [2.24, 2.45) is 5.41 Å². The van der Waals surface area contributed by atoms with E-state index < -0.39 is 17.0 Å². The number of aryl methyl sites for hydroxylation is 1. The molecule has 1 aliphatic heterocycles. The summed E-state index contributed by atoms with van der Waals surface area (Å²) in [7, 11) is 0. The first-order valence-electron chi connectivity index (χ1n) is 5.83. The van der Waals surface area contributed by atoms with E-state index in [-0.39, 0.29) is 0 Å². The number of nitrogens with zero attached hydrogens (tertiary/aromatic N) is 4. The summed E-state index contributed by atoms with van der Waals surface area (Å²) in [4.78, 5) is 0. The Morgan fingerprint density at radius 2 is 1.50 bits per heavy atom. The first-order chi connectivity index (χ1) is 9.59. The Morgan fingerprint density at radius 3 is 1.95 bits per heavy atom. The lowest BCUT2D eigenvalue weighted by atomic mass is 9.68. The van der Waals surface area contributed by atoms with Crippen LogP contribution in [0.25, 0.3) is 0 Å². The maximum Gasteiger partial charge on any atom is 0.239 e. The number of nitriles is 4. The smallest absolute Gasteiger partial charge is 0.239 e. The van der Waals surface area contributed by atoms with Crippen LogP contribution in [-0.2, 0) is 0 Å². The molecule has 6 heteroatoms. The lowest BCUT2D eigenvalue weighted by molar-refractivity contribution is 0.393. The van der Waals surface area contributed by atoms with E-state index in [1.54, 1.807) is 24.3 Å². The summed E-state index contributed by atoms with van der Waals surface area (Å²) < 4.78 is 0. The van der Waals surface area contributed by atoms with E-state index in [9.17, 15) is 21.0 Å². The fourth-order valence-corrected chi connectivity index (χ4v) is 2.28. The minimum atomic E-state index is -1.91. The van der Waals surface area contributed by atoms with E-state index >= 15 is 0 Å². The van der Waals surface area contributed by atoms with Crippen molar-refractivity contribution in [3.63, 3.8) is 0 Å². The first kappa shape index (κ1) is 13.5. The standard InChI is InChI=1S/C14H10N6/c1-10-2-4-11(5-3-10)12-13(6-15,7-16)14(8-17,9-18)20-19-12/h2-5,12,19-20H,1H3. The molecule has 20 heavy (non-hydrogen) atoms. The van der Waals surface area contributed by atoms with Gasteiger partial charge in [0.15, 0.2) is 0 Å². The van der Waals surface area contributed by atoms with Crippen LogP contribution in [0, 0.1) is 57.7 Å². The van der Waals surface area contributed by atoms with Crippen LogP contribution < -0.4 is 10.9 Å². The third-order valence-corrected chi connectivity index (χ3v) is 3.53. The molecule has 1 saturated heterocycles. The molecule has 1 aromatic carbocycles. The first-order valence-corrected chi connectivity index (χ1v) is 5.83. The van der Waals surface area contributed by atoms with Gasteiger partial charge in [-0.15, -0.1) is 0 Å². The predicted molar refractivity (Wildman–Crippen MR) is 67.8 cm³/mol. The summed E-state index contributed by atoms with van der Waals surface area (Å²) in [6.45, 7) is 1.92. The quantitative estimate of drug-likeness (QED) is 0.778. The van der Waals surface area contributed by atoms with Crippen LogP contribution in [0.5, 0.6) is 0 Å². The summed E-state index contributed by atoms with van der Waals surface area (Å²) in [5.41, 5.74) is 3.21. The van der Waals surface area contributed by atoms with Gasteiger partial charge in [0.25, 0.3) is 0 Å². The number of hydrogen-bond donors (Lipinski definition) is 2. The highest BCUT2D eigenvalue weighted by Crippen LogP contribution is 2.45. The summed E-state index contributed by atoms with van der Waals surface area (Å²) in [6, 6.07) is 13.7. The molecule has 0 radical (unpaired) electrons. The number of hydrogen-bond acceptors (Lipinski definition) is 6. The zero-order chi connectivity index (χ0) is 14.8. The fraction of sp³-hybridized carbons (Fsp3) is 0.286. The molecular weight excluding hydrogens is 252 g/mol. The van der Waals surface area contributed by atoms with Crippen molar-refractivity contribution in [2.45, 2.75) is 18.5 Å². The predicted octanol–water partition coefficient (Wildman–Crippen LogP) is 0.963. The van der Waals surface area contributed by atoms with Crippen molar-refractivity contribution in [2.75, 3.05) is 0 Å². The van der Waals surface area contributed by atoms with Crippen LogP contribution in [0.2, 0.25) is 0 Å². The highest BCUT2D eigenvalue weighted by Gasteiger charge is 2.64. The molecule has 0 spiro atoms. The summed E-state index contributed by atoms with van der Waals surface area (Å²) in [5.74, 6) is 0. The summed E-state index contributed by atoms with van der Waals surface area (Å²) in [5, 5.41) is 37.4. The van der Waals surface area contributed by atoms with Gasteiger partial charge in [0.1, 0.15) is 12.1 Å². The van der Waals surface area contributed by atoms with Gasteiger partial charge >= 0.3 is 0 Å². The molecule has 1 unspecified atom stereocenters. The average Bonchev–Trinajstić information content (AvgIpc) is 2.83. The summed E-state index contributed by atoms with van der Waals surface area (Å²) in [6.07, 6.45) is 0. The van der Waals surface area contributed by atoms with Gasteiger partial charge in [-0.25, -0.2) is 10.9 Å². The van der Waals surface area contributed by atoms with Crippen molar-refractivity contribution in [1.82, 2.24) is 10.9 Å². The third kappa shape index (κ3) is 1.54. The maximum atomic E-state index is 9.45. The number of benzene rings is 1. The Labute approximate surface area is 116 Å². The van der Waals surface area contributed by atoms with Crippen LogP contribution in [0.1, 0.15) is 17.2 Å². The van der Waals surface area contributed by atoms with Gasteiger partial charge in [-0.1, -0.05) is 29.8 Å². The molecule has 1 heterocycles. The SMILES string of the molecule is Cc1ccc(C2NNC(C#N)(C#N)C2(C#N)C#N)cc1. The van der Waals surface area contributed by atoms with Crippen LogP contribution in [0.3, 0.4) is 0 Å². The van der Waals surface area contributed by atoms with E-state index in [0.29, 0.717) is 5.56 Å². The van der Waals surface area contributed by atoms with E-state index in [1.807, 2.05) is 31.2 Å². The normalized spacial score (nSPS) is 21.9. The van der Waals surface area contributed by atoms with Gasteiger partial charge in [0.05, 0.1) is 18.2 Å². The van der Waals surface area contributed by atoms with Gasteiger partial charge in [0, 0.05) is 0 Å². The van der Waals surface area contributed by atoms with Crippen molar-refractivity contribution >= 4 is 0 Å². The zero-order valence-corrected chi connectivity index (χ0v) is 10.7. The van der Waals surface area contributed by atoms with E-state index in [0.717, 1.165) is 5.56 Å². The second kappa shape index (κ2) is 4.65. The topological polar surface area (TPSA) is 119 Å². The van der Waals surface area contributed by atoms with Gasteiger partial charge < -0.3 is 0 Å². The molecule has 2 rings (SSSR count). The highest BCUT2D eigenvalue weighted by atomic mass is 15.5. The lowest BCUT2D eigenvalue weighted by Gasteiger charge is -2.26. The molecule has 1 fully saturated rings. The molecule has 2 N–H and O–H groups in total. The molecule has 1 aromatic rings. The Bertz CT molecular complexity index is 664. The largest absolute Gasteiger partial charge is 0.245 e. The molecule has 0 saturated carbocycles. The van der Waals surface area contributed by atoms with Crippen LogP contribution in [0.15, 0.2) is 24.3 Å². The number of rotatable bonds is 1. The molecule has 6 nitrogen and oxygen atoms in total.